The highest BCUT2D eigenvalue weighted by Gasteiger charge is 2.36. The predicted molar refractivity (Wildman–Crippen MR) is 324 cm³/mol. The van der Waals surface area contributed by atoms with Crippen molar-refractivity contribution in [2.24, 2.45) is 21.8 Å². The molecule has 6 aliphatic rings. The number of aliphatic imine (C=N–C) groups is 2. The normalized spacial score (nSPS) is 18.7. The Kier molecular flexibility index (Phi) is 18.4. The van der Waals surface area contributed by atoms with Crippen LogP contribution in [0.4, 0.5) is 22.7 Å². The van der Waals surface area contributed by atoms with Gasteiger partial charge >= 0.3 is 0 Å². The van der Waals surface area contributed by atoms with Crippen LogP contribution in [0.5, 0.6) is 23.0 Å². The minimum Gasteiger partial charge on any atom is -0.493 e. The summed E-state index contributed by atoms with van der Waals surface area (Å²) in [6.07, 6.45) is 13.3. The second-order valence-electron chi connectivity index (χ2n) is 22.7. The number of carbonyl (C=O) groups excluding carboxylic acids is 7. The zero-order valence-electron chi connectivity index (χ0n) is 49.0. The quantitative estimate of drug-likeness (QED) is 0.0498. The van der Waals surface area contributed by atoms with E-state index < -0.39 is 12.0 Å². The molecule has 1 fully saturated rings. The van der Waals surface area contributed by atoms with Gasteiger partial charge in [-0.1, -0.05) is 51.5 Å². The number of amides is 6. The first-order valence-corrected chi connectivity index (χ1v) is 29.2. The van der Waals surface area contributed by atoms with E-state index in [-0.39, 0.29) is 85.3 Å². The molecular formula is C65H73N9O11. The summed E-state index contributed by atoms with van der Waals surface area (Å²) in [6.45, 7) is 10.2. The van der Waals surface area contributed by atoms with E-state index in [0.29, 0.717) is 96.3 Å². The zero-order valence-corrected chi connectivity index (χ0v) is 49.0. The van der Waals surface area contributed by atoms with Crippen molar-refractivity contribution in [2.45, 2.75) is 90.3 Å². The maximum Gasteiger partial charge on any atom is 0.260 e. The number of piperazine rings is 1. The van der Waals surface area contributed by atoms with Crippen LogP contribution in [0, 0.1) is 11.8 Å². The molecule has 20 heteroatoms. The first-order chi connectivity index (χ1) is 41.0. The molecule has 2 N–H and O–H groups in total. The first-order valence-electron chi connectivity index (χ1n) is 29.2. The lowest BCUT2D eigenvalue weighted by Gasteiger charge is -2.34. The number of ether oxygens (including phenoxy) is 4. The molecule has 4 aromatic rings. The Bertz CT molecular complexity index is 3380. The number of nitrogens with zero attached hydrogens (tertiary/aromatic N) is 7. The van der Waals surface area contributed by atoms with E-state index in [1.165, 1.54) is 37.0 Å². The minimum absolute atomic E-state index is 0.0672. The number of fused-ring (bicyclic) bond motifs is 4. The van der Waals surface area contributed by atoms with E-state index in [4.69, 9.17) is 28.9 Å². The number of methoxy groups -OCH3 is 2. The SMILES string of the molecule is COc1cc2c(cc1OCCCOc1cc3c(cc1OC)C(=O)N1C=C(c4ccc(N5CCN(C)CC5)cc4)C[C@H]1C=N3)N=C[C@@H]1CC(c3ccc(NC(=O)[C@H](C)CC(=O)C(NC(=O)CCCCCN4C(=O)C=CC4=O)C(C)C)cc3)=CN1C2=O. The molecule has 20 nitrogen and oxygen atoms in total. The maximum atomic E-state index is 14.2. The van der Waals surface area contributed by atoms with Crippen molar-refractivity contribution in [3.8, 4) is 23.0 Å². The van der Waals surface area contributed by atoms with Gasteiger partial charge in [0, 0.05) is 131 Å². The Morgan fingerprint density at radius 2 is 1.18 bits per heavy atom. The maximum absolute atomic E-state index is 14.2. The smallest absolute Gasteiger partial charge is 0.260 e. The Morgan fingerprint density at radius 1 is 0.647 bits per heavy atom. The number of hydrogen-bond acceptors (Lipinski definition) is 15. The fraction of sp³-hybridized carbons (Fsp3) is 0.400. The van der Waals surface area contributed by atoms with Gasteiger partial charge in [0.1, 0.15) is 0 Å². The van der Waals surface area contributed by atoms with Crippen molar-refractivity contribution in [3.05, 3.63) is 120 Å². The van der Waals surface area contributed by atoms with Gasteiger partial charge in [-0.2, -0.15) is 0 Å². The first kappa shape index (κ1) is 59.3. The molecule has 1 unspecified atom stereocenters. The van der Waals surface area contributed by atoms with Gasteiger partial charge < -0.3 is 49.2 Å². The number of Topliss-reactive ketones (excluding diaryl/α,β-unsaturated/α-hetero) is 1. The summed E-state index contributed by atoms with van der Waals surface area (Å²) < 4.78 is 23.8. The highest BCUT2D eigenvalue weighted by Crippen LogP contribution is 2.42. The lowest BCUT2D eigenvalue weighted by Crippen LogP contribution is -2.45. The average molecular weight is 1160 g/mol. The van der Waals surface area contributed by atoms with Crippen LogP contribution < -0.4 is 34.5 Å². The van der Waals surface area contributed by atoms with Crippen LogP contribution >= 0.6 is 0 Å². The van der Waals surface area contributed by atoms with Crippen molar-refractivity contribution >= 4 is 87.6 Å². The van der Waals surface area contributed by atoms with Crippen molar-refractivity contribution in [3.63, 3.8) is 0 Å². The molecule has 4 aromatic carbocycles. The molecule has 6 amide bonds. The van der Waals surface area contributed by atoms with E-state index in [9.17, 15) is 33.6 Å². The lowest BCUT2D eigenvalue weighted by molar-refractivity contribution is -0.137. The fourth-order valence-electron chi connectivity index (χ4n) is 11.3. The highest BCUT2D eigenvalue weighted by atomic mass is 16.5. The Labute approximate surface area is 495 Å². The Balaban J connectivity index is 0.682. The number of anilines is 2. The molecule has 0 saturated carbocycles. The molecule has 0 bridgehead atoms. The van der Waals surface area contributed by atoms with E-state index in [0.717, 1.165) is 48.5 Å². The van der Waals surface area contributed by atoms with Gasteiger partial charge in [-0.25, -0.2) is 0 Å². The lowest BCUT2D eigenvalue weighted by atomic mass is 9.92. The van der Waals surface area contributed by atoms with Crippen LogP contribution in [0.15, 0.2) is 107 Å². The van der Waals surface area contributed by atoms with Gasteiger partial charge in [0.05, 0.1) is 68.1 Å². The minimum atomic E-state index is -0.759. The van der Waals surface area contributed by atoms with Gasteiger partial charge in [0.2, 0.25) is 11.8 Å². The van der Waals surface area contributed by atoms with Crippen LogP contribution in [0.2, 0.25) is 0 Å². The summed E-state index contributed by atoms with van der Waals surface area (Å²) in [4.78, 5) is 110. The fourth-order valence-corrected chi connectivity index (χ4v) is 11.3. The monoisotopic (exact) mass is 1160 g/mol. The van der Waals surface area contributed by atoms with Crippen LogP contribution in [0.1, 0.15) is 104 Å². The second-order valence-corrected chi connectivity index (χ2v) is 22.7. The molecule has 85 heavy (non-hydrogen) atoms. The number of ketones is 1. The number of benzene rings is 4. The van der Waals surface area contributed by atoms with Gasteiger partial charge in [0.15, 0.2) is 28.8 Å². The summed E-state index contributed by atoms with van der Waals surface area (Å²) >= 11 is 0. The standard InChI is InChI=1S/C65H73N9O11/c1-40(2)62(69-59(76)11-8-7-9-22-72-60(77)20-21-61(72)78)54(75)29-41(3)63(79)68-46-16-12-42(13-17-46)44-30-48-36-66-52-34-57(55(82-5)32-50(52)64(80)73(48)38-44)84-27-10-28-85-58-35-53-51(33-56(58)83-6)65(81)74-39-45(31-49(74)37-67-53)43-14-18-47(19-15-43)71-25-23-70(4)24-26-71/h12-21,32-41,48-49,62H,7-11,22-31H2,1-6H3,(H,68,79)(H,69,76)/t41-,48+,49+,62?/m1/s1. The van der Waals surface area contributed by atoms with Crippen LogP contribution in [-0.4, -0.2) is 159 Å². The van der Waals surface area contributed by atoms with Crippen molar-refractivity contribution in [1.82, 2.24) is 24.9 Å². The number of rotatable bonds is 24. The zero-order chi connectivity index (χ0) is 59.9. The molecule has 10 rings (SSSR count). The summed E-state index contributed by atoms with van der Waals surface area (Å²) in [5.41, 5.74) is 7.41. The molecule has 6 heterocycles. The topological polar surface area (TPSA) is 221 Å². The third-order valence-electron chi connectivity index (χ3n) is 16.3. The predicted octanol–water partition coefficient (Wildman–Crippen LogP) is 8.41. The molecule has 1 saturated heterocycles. The molecular weight excluding hydrogens is 1080 g/mol. The van der Waals surface area contributed by atoms with Crippen LogP contribution in [0.3, 0.4) is 0 Å². The van der Waals surface area contributed by atoms with Crippen molar-refractivity contribution < 1.29 is 52.5 Å². The van der Waals surface area contributed by atoms with E-state index in [1.807, 2.05) is 44.6 Å². The van der Waals surface area contributed by atoms with E-state index in [2.05, 4.69) is 51.7 Å². The number of imide groups is 1. The van der Waals surface area contributed by atoms with Gasteiger partial charge in [-0.3, -0.25) is 48.4 Å². The molecule has 0 aromatic heterocycles. The molecule has 0 radical (unpaired) electrons. The molecule has 4 atom stereocenters. The van der Waals surface area contributed by atoms with Crippen LogP contribution in [-0.2, 0) is 24.0 Å². The third-order valence-corrected chi connectivity index (χ3v) is 16.3. The third kappa shape index (κ3) is 13.5. The number of unbranched alkanes of at least 4 members (excludes halogenated alkanes) is 2. The molecule has 444 valence electrons. The van der Waals surface area contributed by atoms with E-state index in [1.54, 1.807) is 59.3 Å². The second kappa shape index (κ2) is 26.3. The Hall–Kier alpha value is -8.91. The Morgan fingerprint density at radius 3 is 1.69 bits per heavy atom. The summed E-state index contributed by atoms with van der Waals surface area (Å²) in [7, 11) is 5.20. The summed E-state index contributed by atoms with van der Waals surface area (Å²) in [6, 6.07) is 21.4. The number of hydrogen-bond donors (Lipinski definition) is 2. The number of carbonyl (C=O) groups is 7. The van der Waals surface area contributed by atoms with Crippen LogP contribution in [0.25, 0.3) is 11.1 Å². The molecule has 0 aliphatic carbocycles. The average Bonchev–Trinajstić information content (AvgIpc) is 2.83. The summed E-state index contributed by atoms with van der Waals surface area (Å²) in [5.74, 6) is -1.14. The number of likely N-dealkylation sites (N-methyl/N-ethyl adjacent to an activating group) is 1. The largest absolute Gasteiger partial charge is 0.493 e. The molecule has 6 aliphatic heterocycles. The van der Waals surface area contributed by atoms with Gasteiger partial charge in [-0.05, 0) is 84.5 Å². The van der Waals surface area contributed by atoms with Gasteiger partial charge in [-0.15, -0.1) is 0 Å². The van der Waals surface area contributed by atoms with Crippen molar-refractivity contribution in [2.75, 3.05) is 77.4 Å². The number of nitrogens with one attached hydrogen (secondary N) is 2. The summed E-state index contributed by atoms with van der Waals surface area (Å²) in [5, 5.41) is 5.75. The molecule has 0 spiro atoms. The highest BCUT2D eigenvalue weighted by molar-refractivity contribution is 6.13. The van der Waals surface area contributed by atoms with E-state index >= 15 is 0 Å². The van der Waals surface area contributed by atoms with Crippen molar-refractivity contribution in [1.29, 1.82) is 0 Å². The van der Waals surface area contributed by atoms with Gasteiger partial charge in [0.25, 0.3) is 23.6 Å².